The molecule has 0 amide bonds. The number of carbonyl (C=O) groups is 1. The van der Waals surface area contributed by atoms with Crippen molar-refractivity contribution >= 4 is 17.6 Å². The van der Waals surface area contributed by atoms with Gasteiger partial charge in [-0.05, 0) is 0 Å². The van der Waals surface area contributed by atoms with Crippen LogP contribution in [0.4, 0.5) is 0 Å². The van der Waals surface area contributed by atoms with Gasteiger partial charge in [0.05, 0.1) is 17.8 Å². The lowest BCUT2D eigenvalue weighted by Crippen LogP contribution is -2.22. The van der Waals surface area contributed by atoms with Crippen LogP contribution in [0.5, 0.6) is 5.75 Å². The minimum atomic E-state index is -1.04. The van der Waals surface area contributed by atoms with Crippen molar-refractivity contribution < 1.29 is 14.6 Å². The fraction of sp³-hybridized carbons (Fsp3) is 0.333. The molecule has 0 fully saturated rings. The number of halogens is 1. The van der Waals surface area contributed by atoms with Gasteiger partial charge in [-0.15, -0.1) is 0 Å². The number of nitrogens with zero attached hydrogens (tertiary/aromatic N) is 1. The molecule has 0 aliphatic heterocycles. The van der Waals surface area contributed by atoms with Crippen LogP contribution in [0.15, 0.2) is 12.3 Å². The summed E-state index contributed by atoms with van der Waals surface area (Å²) < 4.78 is 4.99. The molecule has 15 heavy (non-hydrogen) atoms. The van der Waals surface area contributed by atoms with Crippen LogP contribution in [0.25, 0.3) is 0 Å². The first-order valence-electron chi connectivity index (χ1n) is 4.22. The molecule has 1 atom stereocenters. The number of ether oxygens (including phenoxy) is 1. The first kappa shape index (κ1) is 11.7. The number of carboxylic acid groups (broad SMARTS) is 1. The maximum Gasteiger partial charge on any atom is 0.314 e. The molecule has 0 aliphatic rings. The zero-order valence-corrected chi connectivity index (χ0v) is 8.86. The SMILES string of the molecule is COc1cc(Cl)cnc1C(CN)C(=O)O. The largest absolute Gasteiger partial charge is 0.495 e. The van der Waals surface area contributed by atoms with E-state index in [1.54, 1.807) is 0 Å². The molecule has 0 saturated heterocycles. The number of methoxy groups -OCH3 is 1. The molecule has 0 saturated carbocycles. The van der Waals surface area contributed by atoms with Gasteiger partial charge in [0.25, 0.3) is 0 Å². The molecule has 5 nitrogen and oxygen atoms in total. The summed E-state index contributed by atoms with van der Waals surface area (Å²) in [6.45, 7) is -0.0413. The lowest BCUT2D eigenvalue weighted by Gasteiger charge is -2.13. The zero-order valence-electron chi connectivity index (χ0n) is 8.11. The third kappa shape index (κ3) is 2.57. The third-order valence-corrected chi connectivity index (χ3v) is 2.14. The van der Waals surface area contributed by atoms with E-state index in [2.05, 4.69) is 4.98 Å². The standard InChI is InChI=1S/C9H11ClN2O3/c1-15-7-2-5(10)4-12-8(7)6(3-11)9(13)14/h2,4,6H,3,11H2,1H3,(H,13,14). The minimum Gasteiger partial charge on any atom is -0.495 e. The summed E-state index contributed by atoms with van der Waals surface area (Å²) in [6, 6.07) is 1.51. The van der Waals surface area contributed by atoms with Crippen LogP contribution in [0, 0.1) is 0 Å². The second kappa shape index (κ2) is 4.95. The Morgan fingerprint density at radius 3 is 2.93 bits per heavy atom. The summed E-state index contributed by atoms with van der Waals surface area (Å²) in [5, 5.41) is 9.29. The van der Waals surface area contributed by atoms with E-state index < -0.39 is 11.9 Å². The van der Waals surface area contributed by atoms with E-state index in [9.17, 15) is 4.79 Å². The Morgan fingerprint density at radius 2 is 2.47 bits per heavy atom. The van der Waals surface area contributed by atoms with E-state index in [4.69, 9.17) is 27.2 Å². The molecule has 1 rings (SSSR count). The van der Waals surface area contributed by atoms with Crippen molar-refractivity contribution in [2.45, 2.75) is 5.92 Å². The van der Waals surface area contributed by atoms with Crippen molar-refractivity contribution in [1.82, 2.24) is 4.98 Å². The summed E-state index contributed by atoms with van der Waals surface area (Å²) in [5.74, 6) is -1.58. The number of carboxylic acids is 1. The minimum absolute atomic E-state index is 0.0413. The van der Waals surface area contributed by atoms with Gasteiger partial charge >= 0.3 is 5.97 Å². The van der Waals surface area contributed by atoms with Gasteiger partial charge in [-0.3, -0.25) is 9.78 Å². The van der Waals surface area contributed by atoms with Crippen molar-refractivity contribution in [3.8, 4) is 5.75 Å². The van der Waals surface area contributed by atoms with Gasteiger partial charge in [-0.1, -0.05) is 11.6 Å². The van der Waals surface area contributed by atoms with Crippen LogP contribution in [-0.2, 0) is 4.79 Å². The van der Waals surface area contributed by atoms with E-state index in [0.29, 0.717) is 10.8 Å². The summed E-state index contributed by atoms with van der Waals surface area (Å²) in [7, 11) is 1.42. The highest BCUT2D eigenvalue weighted by molar-refractivity contribution is 6.30. The van der Waals surface area contributed by atoms with Gasteiger partial charge in [0.15, 0.2) is 0 Å². The topological polar surface area (TPSA) is 85.4 Å². The van der Waals surface area contributed by atoms with Crippen LogP contribution in [0.2, 0.25) is 5.02 Å². The van der Waals surface area contributed by atoms with Crippen molar-refractivity contribution in [3.05, 3.63) is 23.0 Å². The maximum atomic E-state index is 10.9. The molecule has 0 aromatic carbocycles. The Balaban J connectivity index is 3.16. The van der Waals surface area contributed by atoms with Gasteiger partial charge in [0.2, 0.25) is 0 Å². The average molecular weight is 231 g/mol. The monoisotopic (exact) mass is 230 g/mol. The van der Waals surface area contributed by atoms with Gasteiger partial charge < -0.3 is 15.6 Å². The fourth-order valence-electron chi connectivity index (χ4n) is 1.19. The van der Waals surface area contributed by atoms with Crippen molar-refractivity contribution in [2.75, 3.05) is 13.7 Å². The Labute approximate surface area is 91.8 Å². The average Bonchev–Trinajstić information content (AvgIpc) is 2.20. The highest BCUT2D eigenvalue weighted by Crippen LogP contribution is 2.26. The van der Waals surface area contributed by atoms with Gasteiger partial charge in [-0.2, -0.15) is 0 Å². The predicted molar refractivity (Wildman–Crippen MR) is 55.2 cm³/mol. The number of nitrogens with two attached hydrogens (primary N) is 1. The van der Waals surface area contributed by atoms with Crippen molar-refractivity contribution in [1.29, 1.82) is 0 Å². The van der Waals surface area contributed by atoms with E-state index in [1.807, 2.05) is 0 Å². The second-order valence-electron chi connectivity index (χ2n) is 2.87. The summed E-state index contributed by atoms with van der Waals surface area (Å²) >= 11 is 5.70. The number of hydrogen-bond donors (Lipinski definition) is 2. The highest BCUT2D eigenvalue weighted by atomic mass is 35.5. The molecule has 0 radical (unpaired) electrons. The molecule has 82 valence electrons. The summed E-state index contributed by atoms with van der Waals surface area (Å²) in [6.07, 6.45) is 1.37. The number of pyridine rings is 1. The Bertz CT molecular complexity index is 370. The summed E-state index contributed by atoms with van der Waals surface area (Å²) in [5.41, 5.74) is 5.65. The molecule has 3 N–H and O–H groups in total. The van der Waals surface area contributed by atoms with Crippen LogP contribution >= 0.6 is 11.6 Å². The maximum absolute atomic E-state index is 10.9. The molecule has 0 aliphatic carbocycles. The van der Waals surface area contributed by atoms with Crippen LogP contribution in [-0.4, -0.2) is 29.7 Å². The smallest absolute Gasteiger partial charge is 0.314 e. The van der Waals surface area contributed by atoms with Crippen LogP contribution < -0.4 is 10.5 Å². The van der Waals surface area contributed by atoms with Crippen molar-refractivity contribution in [3.63, 3.8) is 0 Å². The molecule has 0 spiro atoms. The molecule has 1 unspecified atom stereocenters. The van der Waals surface area contributed by atoms with E-state index in [0.717, 1.165) is 0 Å². The lowest BCUT2D eigenvalue weighted by atomic mass is 10.0. The molecule has 1 aromatic rings. The first-order chi connectivity index (χ1) is 7.10. The van der Waals surface area contributed by atoms with Gasteiger partial charge in [-0.25, -0.2) is 0 Å². The number of aromatic nitrogens is 1. The Hall–Kier alpha value is -1.33. The number of hydrogen-bond acceptors (Lipinski definition) is 4. The lowest BCUT2D eigenvalue weighted by molar-refractivity contribution is -0.138. The second-order valence-corrected chi connectivity index (χ2v) is 3.30. The summed E-state index contributed by atoms with van der Waals surface area (Å²) in [4.78, 5) is 14.8. The molecule has 1 aromatic heterocycles. The molecule has 0 bridgehead atoms. The highest BCUT2D eigenvalue weighted by Gasteiger charge is 2.23. The predicted octanol–water partition coefficient (Wildman–Crippen LogP) is 0.871. The van der Waals surface area contributed by atoms with E-state index >= 15 is 0 Å². The molecular weight excluding hydrogens is 220 g/mol. The number of aliphatic carboxylic acids is 1. The molecular formula is C9H11ClN2O3. The molecule has 6 heteroatoms. The zero-order chi connectivity index (χ0) is 11.4. The Kier molecular flexibility index (Phi) is 3.88. The molecule has 1 heterocycles. The first-order valence-corrected chi connectivity index (χ1v) is 4.60. The van der Waals surface area contributed by atoms with Gasteiger partial charge in [0.1, 0.15) is 11.7 Å². The van der Waals surface area contributed by atoms with E-state index in [1.165, 1.54) is 19.4 Å². The van der Waals surface area contributed by atoms with E-state index in [-0.39, 0.29) is 12.2 Å². The third-order valence-electron chi connectivity index (χ3n) is 1.93. The van der Waals surface area contributed by atoms with Crippen molar-refractivity contribution in [2.24, 2.45) is 5.73 Å². The van der Waals surface area contributed by atoms with Crippen LogP contribution in [0.3, 0.4) is 0 Å². The van der Waals surface area contributed by atoms with Gasteiger partial charge in [0, 0.05) is 18.8 Å². The van der Waals surface area contributed by atoms with Crippen LogP contribution in [0.1, 0.15) is 11.6 Å². The number of rotatable bonds is 4. The fourth-order valence-corrected chi connectivity index (χ4v) is 1.33. The normalized spacial score (nSPS) is 12.2. The Morgan fingerprint density at radius 1 is 1.80 bits per heavy atom. The quantitative estimate of drug-likeness (QED) is 0.802.